The van der Waals surface area contributed by atoms with Crippen molar-refractivity contribution < 1.29 is 5.11 Å². The Bertz CT molecular complexity index is 558. The van der Waals surface area contributed by atoms with Gasteiger partial charge in [0.25, 0.3) is 0 Å². The summed E-state index contributed by atoms with van der Waals surface area (Å²) in [4.78, 5) is 0. The normalized spacial score (nSPS) is 18.3. The number of halogens is 1. The van der Waals surface area contributed by atoms with Crippen LogP contribution in [0.15, 0.2) is 54.6 Å². The van der Waals surface area contributed by atoms with Gasteiger partial charge in [0.15, 0.2) is 0 Å². The SMILES string of the molecule is OC(Cc1ccc(I)cc1)C1(c2ccccc2)CCC1. The van der Waals surface area contributed by atoms with Gasteiger partial charge in [0.05, 0.1) is 6.10 Å². The van der Waals surface area contributed by atoms with Crippen LogP contribution in [-0.2, 0) is 11.8 Å². The largest absolute Gasteiger partial charge is 0.392 e. The first-order valence-electron chi connectivity index (χ1n) is 7.19. The average Bonchev–Trinajstić information content (AvgIpc) is 2.41. The Balaban J connectivity index is 1.81. The van der Waals surface area contributed by atoms with E-state index in [1.165, 1.54) is 21.1 Å². The summed E-state index contributed by atoms with van der Waals surface area (Å²) in [5.74, 6) is 0. The van der Waals surface area contributed by atoms with E-state index >= 15 is 0 Å². The lowest BCUT2D eigenvalue weighted by molar-refractivity contribution is 0.0286. The van der Waals surface area contributed by atoms with Crippen LogP contribution < -0.4 is 0 Å². The second-order valence-electron chi connectivity index (χ2n) is 5.72. The second kappa shape index (κ2) is 5.86. The standard InChI is InChI=1S/C18H19IO/c19-16-9-7-14(8-10-16)13-17(20)18(11-4-12-18)15-5-2-1-3-6-15/h1-3,5-10,17,20H,4,11-13H2. The van der Waals surface area contributed by atoms with Crippen LogP contribution in [0.4, 0.5) is 0 Å². The molecule has 3 rings (SSSR count). The first-order chi connectivity index (χ1) is 9.71. The molecule has 0 saturated heterocycles. The van der Waals surface area contributed by atoms with E-state index in [0.717, 1.165) is 19.3 Å². The molecule has 1 N–H and O–H groups in total. The molecule has 0 bridgehead atoms. The van der Waals surface area contributed by atoms with Crippen molar-refractivity contribution in [2.24, 2.45) is 0 Å². The van der Waals surface area contributed by atoms with Crippen molar-refractivity contribution in [1.29, 1.82) is 0 Å². The molecule has 0 heterocycles. The van der Waals surface area contributed by atoms with Crippen LogP contribution in [0, 0.1) is 3.57 Å². The van der Waals surface area contributed by atoms with E-state index in [4.69, 9.17) is 0 Å². The Morgan fingerprint density at radius 3 is 2.20 bits per heavy atom. The van der Waals surface area contributed by atoms with Crippen molar-refractivity contribution in [2.75, 3.05) is 0 Å². The van der Waals surface area contributed by atoms with Crippen LogP contribution in [0.1, 0.15) is 30.4 Å². The molecule has 2 aromatic rings. The molecule has 0 aromatic heterocycles. The van der Waals surface area contributed by atoms with E-state index in [9.17, 15) is 5.11 Å². The van der Waals surface area contributed by atoms with Crippen LogP contribution >= 0.6 is 22.6 Å². The maximum Gasteiger partial charge on any atom is 0.0677 e. The Morgan fingerprint density at radius 2 is 1.65 bits per heavy atom. The Morgan fingerprint density at radius 1 is 1.00 bits per heavy atom. The van der Waals surface area contributed by atoms with Gasteiger partial charge in [-0.25, -0.2) is 0 Å². The third kappa shape index (κ3) is 2.63. The molecule has 1 saturated carbocycles. The van der Waals surface area contributed by atoms with Gasteiger partial charge in [-0.3, -0.25) is 0 Å². The molecule has 1 fully saturated rings. The molecule has 0 spiro atoms. The van der Waals surface area contributed by atoms with Crippen molar-refractivity contribution >= 4 is 22.6 Å². The highest BCUT2D eigenvalue weighted by Crippen LogP contribution is 2.47. The highest BCUT2D eigenvalue weighted by atomic mass is 127. The Kier molecular flexibility index (Phi) is 4.13. The predicted octanol–water partition coefficient (Wildman–Crippen LogP) is 4.32. The van der Waals surface area contributed by atoms with Gasteiger partial charge >= 0.3 is 0 Å². The summed E-state index contributed by atoms with van der Waals surface area (Å²) in [6.07, 6.45) is 3.87. The fourth-order valence-electron chi connectivity index (χ4n) is 3.18. The van der Waals surface area contributed by atoms with Gasteiger partial charge in [-0.05, 0) is 65.1 Å². The summed E-state index contributed by atoms with van der Waals surface area (Å²) in [7, 11) is 0. The molecule has 1 nitrogen and oxygen atoms in total. The fourth-order valence-corrected chi connectivity index (χ4v) is 3.54. The fraction of sp³-hybridized carbons (Fsp3) is 0.333. The molecule has 2 heteroatoms. The highest BCUT2D eigenvalue weighted by Gasteiger charge is 2.44. The zero-order chi connectivity index (χ0) is 14.0. The zero-order valence-electron chi connectivity index (χ0n) is 11.4. The lowest BCUT2D eigenvalue weighted by Crippen LogP contribution is -2.46. The second-order valence-corrected chi connectivity index (χ2v) is 6.97. The van der Waals surface area contributed by atoms with Crippen LogP contribution in [0.25, 0.3) is 0 Å². The van der Waals surface area contributed by atoms with Gasteiger partial charge < -0.3 is 5.11 Å². The van der Waals surface area contributed by atoms with Crippen LogP contribution in [0.5, 0.6) is 0 Å². The van der Waals surface area contributed by atoms with Crippen LogP contribution in [-0.4, -0.2) is 11.2 Å². The molecule has 1 aliphatic carbocycles. The third-order valence-electron chi connectivity index (χ3n) is 4.57. The third-order valence-corrected chi connectivity index (χ3v) is 5.29. The number of rotatable bonds is 4. The number of hydrogen-bond acceptors (Lipinski definition) is 1. The molecule has 20 heavy (non-hydrogen) atoms. The molecule has 1 atom stereocenters. The minimum Gasteiger partial charge on any atom is -0.392 e. The van der Waals surface area contributed by atoms with Crippen LogP contribution in [0.3, 0.4) is 0 Å². The van der Waals surface area contributed by atoms with Gasteiger partial charge in [0, 0.05) is 8.99 Å². The molecule has 1 aliphatic rings. The van der Waals surface area contributed by atoms with Crippen molar-refractivity contribution in [3.8, 4) is 0 Å². The van der Waals surface area contributed by atoms with E-state index in [1.807, 2.05) is 6.07 Å². The van der Waals surface area contributed by atoms with E-state index in [-0.39, 0.29) is 11.5 Å². The first kappa shape index (κ1) is 14.1. The van der Waals surface area contributed by atoms with Gasteiger partial charge in [0.1, 0.15) is 0 Å². The molecule has 0 aliphatic heterocycles. The van der Waals surface area contributed by atoms with Gasteiger partial charge in [-0.2, -0.15) is 0 Å². The smallest absolute Gasteiger partial charge is 0.0677 e. The summed E-state index contributed by atoms with van der Waals surface area (Å²) >= 11 is 2.31. The molecular weight excluding hydrogens is 359 g/mol. The van der Waals surface area contributed by atoms with E-state index in [2.05, 4.69) is 71.1 Å². The number of aliphatic hydroxyl groups is 1. The van der Waals surface area contributed by atoms with E-state index in [1.54, 1.807) is 0 Å². The summed E-state index contributed by atoms with van der Waals surface area (Å²) < 4.78 is 1.24. The lowest BCUT2D eigenvalue weighted by atomic mass is 9.60. The quantitative estimate of drug-likeness (QED) is 0.786. The van der Waals surface area contributed by atoms with Crippen LogP contribution in [0.2, 0.25) is 0 Å². The highest BCUT2D eigenvalue weighted by molar-refractivity contribution is 14.1. The topological polar surface area (TPSA) is 20.2 Å². The first-order valence-corrected chi connectivity index (χ1v) is 8.27. The molecular formula is C18H19IO. The zero-order valence-corrected chi connectivity index (χ0v) is 13.6. The molecule has 104 valence electrons. The number of hydrogen-bond donors (Lipinski definition) is 1. The number of aliphatic hydroxyl groups excluding tert-OH is 1. The molecule has 1 unspecified atom stereocenters. The van der Waals surface area contributed by atoms with Gasteiger partial charge in [-0.15, -0.1) is 0 Å². The van der Waals surface area contributed by atoms with Crippen molar-refractivity contribution in [3.05, 3.63) is 69.3 Å². The molecule has 2 aromatic carbocycles. The average molecular weight is 378 g/mol. The summed E-state index contributed by atoms with van der Waals surface area (Å²) in [6, 6.07) is 19.0. The number of benzene rings is 2. The summed E-state index contributed by atoms with van der Waals surface area (Å²) in [6.45, 7) is 0. The minimum absolute atomic E-state index is 0.0236. The van der Waals surface area contributed by atoms with Gasteiger partial charge in [-0.1, -0.05) is 48.9 Å². The van der Waals surface area contributed by atoms with Crippen molar-refractivity contribution in [2.45, 2.75) is 37.2 Å². The Labute approximate surface area is 134 Å². The van der Waals surface area contributed by atoms with E-state index < -0.39 is 0 Å². The monoisotopic (exact) mass is 378 g/mol. The van der Waals surface area contributed by atoms with Gasteiger partial charge in [0.2, 0.25) is 0 Å². The molecule has 0 amide bonds. The van der Waals surface area contributed by atoms with E-state index in [0.29, 0.717) is 0 Å². The van der Waals surface area contributed by atoms with Crippen molar-refractivity contribution in [1.82, 2.24) is 0 Å². The lowest BCUT2D eigenvalue weighted by Gasteiger charge is -2.46. The molecule has 0 radical (unpaired) electrons. The summed E-state index contributed by atoms with van der Waals surface area (Å²) in [5, 5.41) is 10.8. The Hall–Kier alpha value is -0.870. The maximum atomic E-state index is 10.8. The van der Waals surface area contributed by atoms with Crippen molar-refractivity contribution in [3.63, 3.8) is 0 Å². The predicted molar refractivity (Wildman–Crippen MR) is 90.8 cm³/mol. The maximum absolute atomic E-state index is 10.8. The summed E-state index contributed by atoms with van der Waals surface area (Å²) in [5.41, 5.74) is 2.49. The minimum atomic E-state index is -0.293.